The molecule has 8 nitrogen and oxygen atoms in total. The fraction of sp³-hybridized carbons (Fsp3) is 0.467. The second-order valence-electron chi connectivity index (χ2n) is 5.91. The predicted molar refractivity (Wildman–Crippen MR) is 108 cm³/mol. The van der Waals surface area contributed by atoms with Gasteiger partial charge in [-0.15, -0.1) is 17.5 Å². The van der Waals surface area contributed by atoms with E-state index in [-0.39, 0.29) is 18.2 Å². The third-order valence-corrected chi connectivity index (χ3v) is 5.94. The Balaban J connectivity index is 0.00000261. The van der Waals surface area contributed by atoms with Gasteiger partial charge in [0.25, 0.3) is 0 Å². The van der Waals surface area contributed by atoms with Crippen molar-refractivity contribution in [2.75, 3.05) is 50.0 Å². The van der Waals surface area contributed by atoms with Gasteiger partial charge in [0.15, 0.2) is 5.82 Å². The molecule has 0 bridgehead atoms. The number of rotatable bonds is 6. The van der Waals surface area contributed by atoms with Crippen molar-refractivity contribution < 1.29 is 13.2 Å². The molecule has 0 spiro atoms. The summed E-state index contributed by atoms with van der Waals surface area (Å²) in [6.07, 6.45) is 2.71. The summed E-state index contributed by atoms with van der Waals surface area (Å²) in [7, 11) is -3.49. The van der Waals surface area contributed by atoms with Crippen molar-refractivity contribution in [2.45, 2.75) is 0 Å². The number of halogens is 3. The number of ether oxygens (including phenoxy) is 1. The van der Waals surface area contributed by atoms with Gasteiger partial charge < -0.3 is 4.74 Å². The van der Waals surface area contributed by atoms with Crippen LogP contribution in [0.4, 0.5) is 5.82 Å². The molecule has 0 atom stereocenters. The van der Waals surface area contributed by atoms with Crippen molar-refractivity contribution in [1.82, 2.24) is 19.9 Å². The van der Waals surface area contributed by atoms with E-state index < -0.39 is 10.0 Å². The highest BCUT2D eigenvalue weighted by atomic mass is 35.5. The number of aromatic nitrogens is 3. The third kappa shape index (κ3) is 5.69. The fourth-order valence-electron chi connectivity index (χ4n) is 2.63. The second kappa shape index (κ2) is 9.40. The Labute approximate surface area is 174 Å². The molecule has 1 aromatic heterocycles. The van der Waals surface area contributed by atoms with Crippen LogP contribution in [0.2, 0.25) is 10.0 Å². The van der Waals surface area contributed by atoms with Gasteiger partial charge in [0.2, 0.25) is 10.0 Å². The SMILES string of the molecule is CS(=O)(=O)N(CCN1CCOCC1)c1cn(-c2ccc(Cl)c(Cl)c2)nn1.Cl. The van der Waals surface area contributed by atoms with Gasteiger partial charge in [0.1, 0.15) is 0 Å². The monoisotopic (exact) mass is 455 g/mol. The summed E-state index contributed by atoms with van der Waals surface area (Å²) in [6, 6.07) is 5.01. The van der Waals surface area contributed by atoms with Crippen molar-refractivity contribution in [3.63, 3.8) is 0 Å². The minimum absolute atomic E-state index is 0. The third-order valence-electron chi connectivity index (χ3n) is 4.03. The van der Waals surface area contributed by atoms with E-state index in [1.54, 1.807) is 24.4 Å². The van der Waals surface area contributed by atoms with Gasteiger partial charge in [-0.2, -0.15) is 0 Å². The molecule has 27 heavy (non-hydrogen) atoms. The first-order chi connectivity index (χ1) is 12.3. The van der Waals surface area contributed by atoms with Gasteiger partial charge in [-0.3, -0.25) is 4.90 Å². The molecule has 1 aliphatic heterocycles. The van der Waals surface area contributed by atoms with Gasteiger partial charge in [-0.25, -0.2) is 17.4 Å². The molecule has 0 amide bonds. The molecular formula is C15H20Cl3N5O3S. The normalized spacial score (nSPS) is 15.4. The number of benzene rings is 1. The highest BCUT2D eigenvalue weighted by Gasteiger charge is 2.22. The quantitative estimate of drug-likeness (QED) is 0.662. The maximum absolute atomic E-state index is 12.2. The lowest BCUT2D eigenvalue weighted by atomic mass is 10.3. The lowest BCUT2D eigenvalue weighted by Gasteiger charge is -2.29. The number of hydrogen-bond donors (Lipinski definition) is 0. The molecule has 0 aliphatic carbocycles. The van der Waals surface area contributed by atoms with Gasteiger partial charge in [-0.05, 0) is 18.2 Å². The van der Waals surface area contributed by atoms with Crippen molar-refractivity contribution in [1.29, 1.82) is 0 Å². The van der Waals surface area contributed by atoms with Crippen LogP contribution < -0.4 is 4.31 Å². The van der Waals surface area contributed by atoms with E-state index in [0.717, 1.165) is 19.3 Å². The molecule has 12 heteroatoms. The van der Waals surface area contributed by atoms with Crippen molar-refractivity contribution in [3.8, 4) is 5.69 Å². The summed E-state index contributed by atoms with van der Waals surface area (Å²) < 4.78 is 32.5. The Morgan fingerprint density at radius 1 is 1.22 bits per heavy atom. The lowest BCUT2D eigenvalue weighted by molar-refractivity contribution is 0.0395. The first kappa shape index (κ1) is 22.2. The standard InChI is InChI=1S/C15H19Cl2N5O3S.ClH/c1-26(23,24)22(5-4-20-6-8-25-9-7-20)15-11-21(19-18-15)12-2-3-13(16)14(17)10-12;/h2-3,10-11H,4-9H2,1H3;1H. The van der Waals surface area contributed by atoms with Crippen LogP contribution in [0.3, 0.4) is 0 Å². The van der Waals surface area contributed by atoms with Gasteiger partial charge in [-0.1, -0.05) is 28.4 Å². The summed E-state index contributed by atoms with van der Waals surface area (Å²) in [5, 5.41) is 8.84. The Hall–Kier alpha value is -1.10. The first-order valence-electron chi connectivity index (χ1n) is 8.00. The van der Waals surface area contributed by atoms with Crippen LogP contribution in [0.1, 0.15) is 0 Å². The van der Waals surface area contributed by atoms with Crippen LogP contribution in [0.5, 0.6) is 0 Å². The first-order valence-corrected chi connectivity index (χ1v) is 10.6. The number of anilines is 1. The van der Waals surface area contributed by atoms with E-state index in [9.17, 15) is 8.42 Å². The maximum atomic E-state index is 12.2. The Kier molecular flexibility index (Phi) is 7.73. The molecule has 1 aromatic carbocycles. The highest BCUT2D eigenvalue weighted by molar-refractivity contribution is 7.92. The second-order valence-corrected chi connectivity index (χ2v) is 8.63. The molecule has 1 saturated heterocycles. The van der Waals surface area contributed by atoms with Gasteiger partial charge in [0, 0.05) is 26.2 Å². The van der Waals surface area contributed by atoms with Crippen LogP contribution >= 0.6 is 35.6 Å². The summed E-state index contributed by atoms with van der Waals surface area (Å²) >= 11 is 11.9. The minimum Gasteiger partial charge on any atom is -0.379 e. The topological polar surface area (TPSA) is 80.6 Å². The number of sulfonamides is 1. The molecule has 0 N–H and O–H groups in total. The van der Waals surface area contributed by atoms with Crippen LogP contribution in [0.15, 0.2) is 24.4 Å². The molecule has 150 valence electrons. The summed E-state index contributed by atoms with van der Waals surface area (Å²) in [5.41, 5.74) is 0.639. The van der Waals surface area contributed by atoms with Crippen molar-refractivity contribution in [3.05, 3.63) is 34.4 Å². The van der Waals surface area contributed by atoms with E-state index in [1.165, 1.54) is 8.99 Å². The zero-order chi connectivity index (χ0) is 18.7. The molecular weight excluding hydrogens is 437 g/mol. The molecule has 0 radical (unpaired) electrons. The van der Waals surface area contributed by atoms with Crippen LogP contribution in [-0.4, -0.2) is 74.0 Å². The number of morpholine rings is 1. The van der Waals surface area contributed by atoms with E-state index >= 15 is 0 Å². The van der Waals surface area contributed by atoms with Gasteiger partial charge in [0.05, 0.1) is 41.4 Å². The van der Waals surface area contributed by atoms with Crippen molar-refractivity contribution >= 4 is 51.5 Å². The zero-order valence-electron chi connectivity index (χ0n) is 14.6. The van der Waals surface area contributed by atoms with E-state index in [4.69, 9.17) is 27.9 Å². The molecule has 2 heterocycles. The lowest BCUT2D eigenvalue weighted by Crippen LogP contribution is -2.43. The Morgan fingerprint density at radius 3 is 2.56 bits per heavy atom. The van der Waals surface area contributed by atoms with Crippen LogP contribution in [0.25, 0.3) is 5.69 Å². The van der Waals surface area contributed by atoms with E-state index in [1.807, 2.05) is 0 Å². The molecule has 1 aliphatic rings. The van der Waals surface area contributed by atoms with Gasteiger partial charge >= 0.3 is 0 Å². The molecule has 3 rings (SSSR count). The molecule has 0 saturated carbocycles. The average Bonchev–Trinajstić information content (AvgIpc) is 3.07. The number of hydrogen-bond acceptors (Lipinski definition) is 6. The van der Waals surface area contributed by atoms with E-state index in [2.05, 4.69) is 15.2 Å². The summed E-state index contributed by atoms with van der Waals surface area (Å²) in [4.78, 5) is 2.16. The summed E-state index contributed by atoms with van der Waals surface area (Å²) in [6.45, 7) is 3.77. The maximum Gasteiger partial charge on any atom is 0.233 e. The molecule has 0 unspecified atom stereocenters. The molecule has 1 fully saturated rings. The highest BCUT2D eigenvalue weighted by Crippen LogP contribution is 2.25. The molecule has 2 aromatic rings. The van der Waals surface area contributed by atoms with Crippen molar-refractivity contribution in [2.24, 2.45) is 0 Å². The zero-order valence-corrected chi connectivity index (χ0v) is 17.7. The fourth-order valence-corrected chi connectivity index (χ4v) is 3.76. The van der Waals surface area contributed by atoms with Crippen LogP contribution in [-0.2, 0) is 14.8 Å². The van der Waals surface area contributed by atoms with Crippen LogP contribution in [0, 0.1) is 0 Å². The average molecular weight is 457 g/mol. The van der Waals surface area contributed by atoms with E-state index in [0.29, 0.717) is 42.0 Å². The predicted octanol–water partition coefficient (Wildman–Crippen LogP) is 2.09. The summed E-state index contributed by atoms with van der Waals surface area (Å²) in [5.74, 6) is 0.256. The Bertz CT molecular complexity index is 871. The largest absolute Gasteiger partial charge is 0.379 e. The minimum atomic E-state index is -3.49. The smallest absolute Gasteiger partial charge is 0.233 e. The number of nitrogens with zero attached hydrogens (tertiary/aromatic N) is 5. The Morgan fingerprint density at radius 2 is 1.93 bits per heavy atom.